The number of aromatic nitrogens is 3. The van der Waals surface area contributed by atoms with E-state index < -0.39 is 11.5 Å². The summed E-state index contributed by atoms with van der Waals surface area (Å²) in [5.41, 5.74) is 0.310. The van der Waals surface area contributed by atoms with Crippen molar-refractivity contribution < 1.29 is 14.3 Å². The fourth-order valence-electron chi connectivity index (χ4n) is 2.68. The first-order valence-electron chi connectivity index (χ1n) is 8.19. The van der Waals surface area contributed by atoms with Crippen LogP contribution in [0.15, 0.2) is 53.7 Å². The van der Waals surface area contributed by atoms with E-state index in [-0.39, 0.29) is 16.7 Å². The molecule has 0 saturated carbocycles. The smallest absolute Gasteiger partial charge is 0.266 e. The fourth-order valence-corrected chi connectivity index (χ4v) is 2.85. The Labute approximate surface area is 158 Å². The van der Waals surface area contributed by atoms with Crippen molar-refractivity contribution in [1.29, 1.82) is 0 Å². The minimum atomic E-state index is -0.447. The molecule has 3 heterocycles. The number of halogens is 1. The van der Waals surface area contributed by atoms with Crippen molar-refractivity contribution in [1.82, 2.24) is 14.8 Å². The molecule has 9 heteroatoms. The van der Waals surface area contributed by atoms with Crippen LogP contribution < -0.4 is 20.3 Å². The van der Waals surface area contributed by atoms with E-state index >= 15 is 0 Å². The highest BCUT2D eigenvalue weighted by Crippen LogP contribution is 2.31. The number of hydrogen-bond acceptors (Lipinski definition) is 5. The molecule has 1 amide bonds. The molecule has 1 aliphatic rings. The first kappa shape index (κ1) is 17.2. The number of ether oxygens (including phenoxy) is 2. The number of anilines is 1. The first-order chi connectivity index (χ1) is 13.1. The Hall–Kier alpha value is -3.26. The van der Waals surface area contributed by atoms with Gasteiger partial charge in [0.1, 0.15) is 11.6 Å². The number of benzene rings is 1. The van der Waals surface area contributed by atoms with Crippen molar-refractivity contribution in [2.75, 3.05) is 11.9 Å². The van der Waals surface area contributed by atoms with E-state index in [4.69, 9.17) is 21.1 Å². The summed E-state index contributed by atoms with van der Waals surface area (Å²) in [7, 11) is 0. The van der Waals surface area contributed by atoms with Crippen LogP contribution in [-0.2, 0) is 6.54 Å². The highest BCUT2D eigenvalue weighted by Gasteiger charge is 2.21. The van der Waals surface area contributed by atoms with Crippen molar-refractivity contribution >= 4 is 23.2 Å². The molecule has 0 saturated heterocycles. The van der Waals surface area contributed by atoms with E-state index in [1.807, 2.05) is 24.3 Å². The van der Waals surface area contributed by atoms with Crippen LogP contribution in [0.3, 0.4) is 0 Å². The largest absolute Gasteiger partial charge is 0.486 e. The fraction of sp³-hybridized carbons (Fsp3) is 0.167. The second-order valence-electron chi connectivity index (χ2n) is 5.97. The van der Waals surface area contributed by atoms with E-state index in [1.165, 1.54) is 18.5 Å². The van der Waals surface area contributed by atoms with E-state index in [0.717, 1.165) is 5.75 Å². The quantitative estimate of drug-likeness (QED) is 0.717. The van der Waals surface area contributed by atoms with Crippen LogP contribution in [-0.4, -0.2) is 33.4 Å². The average Bonchev–Trinajstić information content (AvgIpc) is 3.10. The van der Waals surface area contributed by atoms with Gasteiger partial charge in [-0.2, -0.15) is 5.10 Å². The van der Waals surface area contributed by atoms with Crippen LogP contribution in [0.5, 0.6) is 11.5 Å². The maximum atomic E-state index is 12.2. The summed E-state index contributed by atoms with van der Waals surface area (Å²) in [6.45, 7) is 0.878. The summed E-state index contributed by atoms with van der Waals surface area (Å²) in [4.78, 5) is 25.9. The third kappa shape index (κ3) is 3.80. The molecular weight excluding hydrogens is 372 g/mol. The average molecular weight is 387 g/mol. The number of nitrogens with zero attached hydrogens (tertiary/aromatic N) is 2. The number of aromatic amines is 1. The maximum absolute atomic E-state index is 12.2. The van der Waals surface area contributed by atoms with Gasteiger partial charge in [-0.05, 0) is 18.2 Å². The van der Waals surface area contributed by atoms with Gasteiger partial charge in [0.25, 0.3) is 11.5 Å². The summed E-state index contributed by atoms with van der Waals surface area (Å²) in [5, 5.41) is 6.88. The molecule has 8 nitrogen and oxygen atoms in total. The van der Waals surface area contributed by atoms with Crippen molar-refractivity contribution in [3.63, 3.8) is 0 Å². The molecule has 0 spiro atoms. The predicted molar refractivity (Wildman–Crippen MR) is 98.6 cm³/mol. The lowest BCUT2D eigenvalue weighted by atomic mass is 10.2. The SMILES string of the molecule is O=C(Nc1cnn(C[C@H]2COc3ccccc3O2)c1)c1c[nH]c(=O)c(Cl)c1. The van der Waals surface area contributed by atoms with Crippen molar-refractivity contribution in [3.8, 4) is 11.5 Å². The molecule has 0 radical (unpaired) electrons. The zero-order valence-corrected chi connectivity index (χ0v) is 14.8. The molecule has 4 rings (SSSR count). The molecule has 2 aromatic heterocycles. The summed E-state index contributed by atoms with van der Waals surface area (Å²) in [5.74, 6) is 1.02. The van der Waals surface area contributed by atoms with Crippen LogP contribution in [0, 0.1) is 0 Å². The molecule has 0 fully saturated rings. The molecule has 3 aromatic rings. The van der Waals surface area contributed by atoms with Gasteiger partial charge < -0.3 is 19.8 Å². The standard InChI is InChI=1S/C18H15ClN4O4/c19-14-5-11(6-20-18(14)25)17(24)22-12-7-21-23(8-12)9-13-10-26-15-3-1-2-4-16(15)27-13/h1-8,13H,9-10H2,(H,20,25)(H,22,24)/t13-/m0/s1. The molecule has 1 aromatic carbocycles. The molecule has 1 aliphatic heterocycles. The van der Waals surface area contributed by atoms with E-state index in [9.17, 15) is 9.59 Å². The molecule has 0 unspecified atom stereocenters. The van der Waals surface area contributed by atoms with Crippen molar-refractivity contribution in [3.05, 3.63) is 69.9 Å². The third-order valence-corrected chi connectivity index (χ3v) is 4.25. The molecule has 0 bridgehead atoms. The van der Waals surface area contributed by atoms with Crippen molar-refractivity contribution in [2.45, 2.75) is 12.6 Å². The number of hydrogen-bond donors (Lipinski definition) is 2. The number of rotatable bonds is 4. The lowest BCUT2D eigenvalue weighted by Gasteiger charge is -2.26. The van der Waals surface area contributed by atoms with Gasteiger partial charge in [-0.3, -0.25) is 14.3 Å². The molecule has 138 valence electrons. The Bertz CT molecular complexity index is 1050. The minimum absolute atomic E-state index is 0.0481. The van der Waals surface area contributed by atoms with E-state index in [1.54, 1.807) is 10.9 Å². The van der Waals surface area contributed by atoms with Gasteiger partial charge in [0, 0.05) is 12.4 Å². The van der Waals surface area contributed by atoms with Gasteiger partial charge in [0.2, 0.25) is 0 Å². The molecule has 0 aliphatic carbocycles. The molecular formula is C18H15ClN4O4. The number of carbonyl (C=O) groups excluding carboxylic acids is 1. The Kier molecular flexibility index (Phi) is 4.55. The third-order valence-electron chi connectivity index (χ3n) is 3.97. The lowest BCUT2D eigenvalue weighted by molar-refractivity contribution is 0.0759. The van der Waals surface area contributed by atoms with Gasteiger partial charge in [0.05, 0.1) is 24.0 Å². The van der Waals surface area contributed by atoms with Crippen molar-refractivity contribution in [2.24, 2.45) is 0 Å². The molecule has 27 heavy (non-hydrogen) atoms. The number of para-hydroxylation sites is 2. The minimum Gasteiger partial charge on any atom is -0.486 e. The number of pyridine rings is 1. The predicted octanol–water partition coefficient (Wildman–Crippen LogP) is 2.32. The molecule has 2 N–H and O–H groups in total. The number of nitrogens with one attached hydrogen (secondary N) is 2. The number of carbonyl (C=O) groups is 1. The number of amides is 1. The van der Waals surface area contributed by atoms with Gasteiger partial charge in [-0.1, -0.05) is 23.7 Å². The summed E-state index contributed by atoms with van der Waals surface area (Å²) in [6.07, 6.45) is 4.33. The van der Waals surface area contributed by atoms with Crippen LogP contribution in [0.4, 0.5) is 5.69 Å². The molecule has 1 atom stereocenters. The lowest BCUT2D eigenvalue weighted by Crippen LogP contribution is -2.33. The highest BCUT2D eigenvalue weighted by molar-refractivity contribution is 6.30. The highest BCUT2D eigenvalue weighted by atomic mass is 35.5. The second kappa shape index (κ2) is 7.16. The van der Waals surface area contributed by atoms with Gasteiger partial charge >= 0.3 is 0 Å². The zero-order valence-electron chi connectivity index (χ0n) is 14.0. The zero-order chi connectivity index (χ0) is 18.8. The van der Waals surface area contributed by atoms with Gasteiger partial charge in [-0.15, -0.1) is 0 Å². The normalized spacial score (nSPS) is 15.4. The first-order valence-corrected chi connectivity index (χ1v) is 8.57. The number of fused-ring (bicyclic) bond motifs is 1. The second-order valence-corrected chi connectivity index (χ2v) is 6.38. The Morgan fingerprint density at radius 3 is 3.00 bits per heavy atom. The summed E-state index contributed by atoms with van der Waals surface area (Å²) >= 11 is 5.74. The van der Waals surface area contributed by atoms with Gasteiger partial charge in [0.15, 0.2) is 17.6 Å². The maximum Gasteiger partial charge on any atom is 0.266 e. The van der Waals surface area contributed by atoms with Crippen LogP contribution >= 0.6 is 11.6 Å². The van der Waals surface area contributed by atoms with Crippen LogP contribution in [0.1, 0.15) is 10.4 Å². The van der Waals surface area contributed by atoms with Crippen LogP contribution in [0.2, 0.25) is 5.02 Å². The summed E-state index contributed by atoms with van der Waals surface area (Å²) in [6, 6.07) is 8.79. The van der Waals surface area contributed by atoms with Gasteiger partial charge in [-0.25, -0.2) is 0 Å². The Morgan fingerprint density at radius 2 is 2.19 bits per heavy atom. The van der Waals surface area contributed by atoms with Crippen LogP contribution in [0.25, 0.3) is 0 Å². The Morgan fingerprint density at radius 1 is 1.37 bits per heavy atom. The summed E-state index contributed by atoms with van der Waals surface area (Å²) < 4.78 is 13.2. The number of H-pyrrole nitrogens is 1. The topological polar surface area (TPSA) is 98.2 Å². The Balaban J connectivity index is 1.39. The van der Waals surface area contributed by atoms with E-state index in [2.05, 4.69) is 15.4 Å². The monoisotopic (exact) mass is 386 g/mol. The van der Waals surface area contributed by atoms with E-state index in [0.29, 0.717) is 24.6 Å².